The summed E-state index contributed by atoms with van der Waals surface area (Å²) in [5, 5.41) is 11.9. The third-order valence-electron chi connectivity index (χ3n) is 1.33. The zero-order valence-corrected chi connectivity index (χ0v) is 7.55. The van der Waals surface area contributed by atoms with Gasteiger partial charge in [0.05, 0.1) is 6.04 Å². The van der Waals surface area contributed by atoms with Gasteiger partial charge in [-0.15, -0.1) is 0 Å². The normalized spacial score (nSPS) is 15.9. The zero-order chi connectivity index (χ0) is 8.69. The summed E-state index contributed by atoms with van der Waals surface area (Å²) in [5.74, 6) is 0.421. The highest BCUT2D eigenvalue weighted by atomic mass is 32.1. The monoisotopic (exact) mass is 177 g/mol. The summed E-state index contributed by atoms with van der Waals surface area (Å²) in [5.41, 5.74) is 0. The van der Waals surface area contributed by atoms with Crippen molar-refractivity contribution in [3.05, 3.63) is 0 Å². The molecule has 0 heterocycles. The van der Waals surface area contributed by atoms with Crippen LogP contribution in [0.15, 0.2) is 0 Å². The molecule has 0 rings (SSSR count). The molecule has 0 fully saturated rings. The van der Waals surface area contributed by atoms with Crippen molar-refractivity contribution in [2.75, 3.05) is 5.75 Å². The lowest BCUT2D eigenvalue weighted by Crippen LogP contribution is -2.40. The zero-order valence-electron chi connectivity index (χ0n) is 6.66. The number of nitrogens with one attached hydrogen (secondary N) is 1. The lowest BCUT2D eigenvalue weighted by molar-refractivity contribution is -0.110. The Morgan fingerprint density at radius 2 is 2.36 bits per heavy atom. The Balaban J connectivity index is 3.53. The Kier molecular flexibility index (Phi) is 6.60. The van der Waals surface area contributed by atoms with Gasteiger partial charge in [0.1, 0.15) is 12.5 Å². The van der Waals surface area contributed by atoms with Gasteiger partial charge in [-0.05, 0) is 6.42 Å². The van der Waals surface area contributed by atoms with Gasteiger partial charge in [0.2, 0.25) is 0 Å². The van der Waals surface area contributed by atoms with Crippen LogP contribution >= 0.6 is 12.6 Å². The van der Waals surface area contributed by atoms with Crippen LogP contribution in [0.5, 0.6) is 0 Å². The van der Waals surface area contributed by atoms with Gasteiger partial charge in [-0.25, -0.2) is 0 Å². The summed E-state index contributed by atoms with van der Waals surface area (Å²) in [7, 11) is 0. The van der Waals surface area contributed by atoms with E-state index in [1.54, 1.807) is 0 Å². The molecule has 2 unspecified atom stereocenters. The molecule has 0 aliphatic rings. The van der Waals surface area contributed by atoms with E-state index in [0.29, 0.717) is 12.2 Å². The predicted octanol–water partition coefficient (Wildman–Crippen LogP) is 0.192. The fourth-order valence-electron chi connectivity index (χ4n) is 0.739. The number of rotatable bonds is 6. The molecule has 4 heteroatoms. The summed E-state index contributed by atoms with van der Waals surface area (Å²) in [6.45, 7) is 1.97. The van der Waals surface area contributed by atoms with E-state index >= 15 is 0 Å². The average molecular weight is 177 g/mol. The van der Waals surface area contributed by atoms with Crippen LogP contribution in [-0.2, 0) is 4.79 Å². The predicted molar refractivity (Wildman–Crippen MR) is 47.8 cm³/mol. The van der Waals surface area contributed by atoms with Crippen molar-refractivity contribution < 1.29 is 9.90 Å². The van der Waals surface area contributed by atoms with Crippen LogP contribution in [0.2, 0.25) is 0 Å². The van der Waals surface area contributed by atoms with Crippen molar-refractivity contribution in [2.45, 2.75) is 32.0 Å². The SMILES string of the molecule is CCCC(O)NC(C=O)CS. The highest BCUT2D eigenvalue weighted by molar-refractivity contribution is 7.80. The molecule has 0 radical (unpaired) electrons. The third-order valence-corrected chi connectivity index (χ3v) is 1.72. The minimum Gasteiger partial charge on any atom is -0.379 e. The van der Waals surface area contributed by atoms with Gasteiger partial charge in [-0.2, -0.15) is 12.6 Å². The average Bonchev–Trinajstić information content (AvgIpc) is 2.01. The van der Waals surface area contributed by atoms with E-state index in [4.69, 9.17) is 0 Å². The van der Waals surface area contributed by atoms with Gasteiger partial charge in [-0.1, -0.05) is 13.3 Å². The first kappa shape index (κ1) is 10.9. The van der Waals surface area contributed by atoms with Crippen molar-refractivity contribution in [1.29, 1.82) is 0 Å². The number of aliphatic hydroxyl groups excluding tert-OH is 1. The quantitative estimate of drug-likeness (QED) is 0.308. The van der Waals surface area contributed by atoms with Crippen LogP contribution in [0.25, 0.3) is 0 Å². The molecule has 0 amide bonds. The second-order valence-electron chi connectivity index (χ2n) is 2.40. The van der Waals surface area contributed by atoms with E-state index in [0.717, 1.165) is 12.7 Å². The Morgan fingerprint density at radius 3 is 2.73 bits per heavy atom. The van der Waals surface area contributed by atoms with Gasteiger partial charge in [-0.3, -0.25) is 5.32 Å². The van der Waals surface area contributed by atoms with Crippen molar-refractivity contribution in [1.82, 2.24) is 5.32 Å². The molecular formula is C7H15NO2S. The molecule has 0 aromatic carbocycles. The molecule has 2 N–H and O–H groups in total. The maximum atomic E-state index is 10.3. The first-order valence-corrected chi connectivity index (χ1v) is 4.38. The largest absolute Gasteiger partial charge is 0.379 e. The van der Waals surface area contributed by atoms with Gasteiger partial charge in [0.25, 0.3) is 0 Å². The summed E-state index contributed by atoms with van der Waals surface area (Å²) < 4.78 is 0. The first-order valence-electron chi connectivity index (χ1n) is 3.74. The molecule has 0 saturated heterocycles. The first-order chi connectivity index (χ1) is 5.24. The molecule has 0 aromatic rings. The van der Waals surface area contributed by atoms with Crippen molar-refractivity contribution in [3.8, 4) is 0 Å². The van der Waals surface area contributed by atoms with Crippen molar-refractivity contribution in [3.63, 3.8) is 0 Å². The fraction of sp³-hybridized carbons (Fsp3) is 0.857. The second kappa shape index (κ2) is 6.64. The second-order valence-corrected chi connectivity index (χ2v) is 2.76. The van der Waals surface area contributed by atoms with Crippen molar-refractivity contribution >= 4 is 18.9 Å². The number of aliphatic hydroxyl groups is 1. The van der Waals surface area contributed by atoms with Crippen LogP contribution in [0.3, 0.4) is 0 Å². The maximum Gasteiger partial charge on any atom is 0.137 e. The van der Waals surface area contributed by atoms with Crippen LogP contribution in [0.1, 0.15) is 19.8 Å². The standard InChI is InChI=1S/C7H15NO2S/c1-2-3-7(10)8-6(4-9)5-11/h4,6-8,10-11H,2-3,5H2,1H3. The van der Waals surface area contributed by atoms with Crippen LogP contribution in [0, 0.1) is 0 Å². The van der Waals surface area contributed by atoms with E-state index in [-0.39, 0.29) is 6.04 Å². The lowest BCUT2D eigenvalue weighted by Gasteiger charge is -2.15. The molecule has 3 nitrogen and oxygen atoms in total. The van der Waals surface area contributed by atoms with Gasteiger partial charge < -0.3 is 9.90 Å². The molecule has 0 aromatic heterocycles. The third kappa shape index (κ3) is 5.24. The number of hydrogen-bond acceptors (Lipinski definition) is 4. The van der Waals surface area contributed by atoms with E-state index in [2.05, 4.69) is 17.9 Å². The number of carbonyl (C=O) groups is 1. The van der Waals surface area contributed by atoms with E-state index in [1.807, 2.05) is 6.92 Å². The Morgan fingerprint density at radius 1 is 1.73 bits per heavy atom. The maximum absolute atomic E-state index is 10.3. The minimum atomic E-state index is -0.581. The molecule has 0 aliphatic heterocycles. The molecular weight excluding hydrogens is 162 g/mol. The number of thiol groups is 1. The Labute approximate surface area is 72.6 Å². The van der Waals surface area contributed by atoms with E-state index < -0.39 is 6.23 Å². The lowest BCUT2D eigenvalue weighted by atomic mass is 10.3. The smallest absolute Gasteiger partial charge is 0.137 e. The topological polar surface area (TPSA) is 49.3 Å². The highest BCUT2D eigenvalue weighted by Gasteiger charge is 2.08. The van der Waals surface area contributed by atoms with E-state index in [1.165, 1.54) is 0 Å². The number of hydrogen-bond donors (Lipinski definition) is 3. The molecule has 0 bridgehead atoms. The highest BCUT2D eigenvalue weighted by Crippen LogP contribution is 1.94. The van der Waals surface area contributed by atoms with Gasteiger partial charge >= 0.3 is 0 Å². The van der Waals surface area contributed by atoms with Crippen molar-refractivity contribution in [2.24, 2.45) is 0 Å². The molecule has 0 spiro atoms. The Bertz CT molecular complexity index is 111. The Hall–Kier alpha value is -0.0600. The van der Waals surface area contributed by atoms with Gasteiger partial charge in [0.15, 0.2) is 0 Å². The fourth-order valence-corrected chi connectivity index (χ4v) is 0.930. The molecule has 2 atom stereocenters. The van der Waals surface area contributed by atoms with E-state index in [9.17, 15) is 9.90 Å². The van der Waals surface area contributed by atoms with Crippen LogP contribution in [-0.4, -0.2) is 29.4 Å². The molecule has 0 aliphatic carbocycles. The van der Waals surface area contributed by atoms with Crippen LogP contribution < -0.4 is 5.32 Å². The minimum absolute atomic E-state index is 0.333. The molecule has 0 saturated carbocycles. The summed E-state index contributed by atoms with van der Waals surface area (Å²) in [6, 6.07) is -0.333. The van der Waals surface area contributed by atoms with Crippen LogP contribution in [0.4, 0.5) is 0 Å². The number of carbonyl (C=O) groups excluding carboxylic acids is 1. The number of aldehydes is 1. The summed E-state index contributed by atoms with van der Waals surface area (Å²) in [4.78, 5) is 10.3. The molecule has 11 heavy (non-hydrogen) atoms. The van der Waals surface area contributed by atoms with Gasteiger partial charge in [0, 0.05) is 5.75 Å². The molecule has 66 valence electrons. The summed E-state index contributed by atoms with van der Waals surface area (Å²) in [6.07, 6.45) is 1.73. The summed E-state index contributed by atoms with van der Waals surface area (Å²) >= 11 is 3.93.